The van der Waals surface area contributed by atoms with Crippen molar-refractivity contribution in [3.8, 4) is 16.2 Å². The Balaban J connectivity index is 1.66. The molecule has 0 spiro atoms. The number of hydrogen-bond donors (Lipinski definition) is 0. The number of benzene rings is 2. The van der Waals surface area contributed by atoms with Gasteiger partial charge in [-0.05, 0) is 60.5 Å². The van der Waals surface area contributed by atoms with Crippen molar-refractivity contribution in [2.75, 3.05) is 12.0 Å². The molecular formula is C24H20FN3O2S. The van der Waals surface area contributed by atoms with Gasteiger partial charge in [-0.25, -0.2) is 9.37 Å². The van der Waals surface area contributed by atoms with E-state index in [9.17, 15) is 9.18 Å². The van der Waals surface area contributed by atoms with Gasteiger partial charge in [-0.1, -0.05) is 12.1 Å². The highest BCUT2D eigenvalue weighted by atomic mass is 32.1. The highest BCUT2D eigenvalue weighted by molar-refractivity contribution is 7.15. The minimum absolute atomic E-state index is 0.160. The van der Waals surface area contributed by atoms with Crippen molar-refractivity contribution in [1.82, 2.24) is 9.97 Å². The molecule has 0 aliphatic carbocycles. The fraction of sp³-hybridized carbons (Fsp3) is 0.125. The fourth-order valence-corrected chi connectivity index (χ4v) is 4.28. The van der Waals surface area contributed by atoms with Crippen LogP contribution in [-0.2, 0) is 6.54 Å². The predicted octanol–water partition coefficient (Wildman–Crippen LogP) is 5.51. The maximum absolute atomic E-state index is 14.6. The molecule has 156 valence electrons. The molecule has 0 aliphatic heterocycles. The molecule has 2 aromatic heterocycles. The van der Waals surface area contributed by atoms with Gasteiger partial charge in [-0.3, -0.25) is 14.7 Å². The second kappa shape index (κ2) is 9.06. The Morgan fingerprint density at radius 2 is 1.97 bits per heavy atom. The number of ether oxygens (including phenoxy) is 1. The van der Waals surface area contributed by atoms with E-state index < -0.39 is 11.7 Å². The zero-order chi connectivity index (χ0) is 21.8. The number of carbonyl (C=O) groups is 1. The van der Waals surface area contributed by atoms with Crippen LogP contribution < -0.4 is 9.64 Å². The Bertz CT molecular complexity index is 1210. The summed E-state index contributed by atoms with van der Waals surface area (Å²) in [4.78, 5) is 24.6. The molecule has 4 rings (SSSR count). The molecule has 0 saturated heterocycles. The Labute approximate surface area is 183 Å². The molecule has 0 radical (unpaired) electrons. The van der Waals surface area contributed by atoms with Gasteiger partial charge in [0.15, 0.2) is 0 Å². The molecule has 7 heteroatoms. The van der Waals surface area contributed by atoms with Crippen molar-refractivity contribution in [3.05, 3.63) is 95.1 Å². The highest BCUT2D eigenvalue weighted by Gasteiger charge is 2.23. The SMILES string of the molecule is COc1ccc(-c2ccc(CN(C(=O)c3cnccn3)c3ccccc3F)s2)cc1C. The predicted molar refractivity (Wildman–Crippen MR) is 120 cm³/mol. The number of thiophene rings is 1. The first-order valence-corrected chi connectivity index (χ1v) is 10.4. The number of aromatic nitrogens is 2. The molecule has 2 aromatic carbocycles. The average molecular weight is 434 g/mol. The van der Waals surface area contributed by atoms with Crippen LogP contribution in [0.3, 0.4) is 0 Å². The smallest absolute Gasteiger partial charge is 0.278 e. The number of rotatable bonds is 6. The van der Waals surface area contributed by atoms with Gasteiger partial charge in [-0.15, -0.1) is 11.3 Å². The lowest BCUT2D eigenvalue weighted by Gasteiger charge is -2.22. The summed E-state index contributed by atoms with van der Waals surface area (Å²) in [7, 11) is 1.65. The van der Waals surface area contributed by atoms with Crippen LogP contribution in [0.25, 0.3) is 10.4 Å². The summed E-state index contributed by atoms with van der Waals surface area (Å²) < 4.78 is 19.9. The summed E-state index contributed by atoms with van der Waals surface area (Å²) in [5.74, 6) is -0.0448. The van der Waals surface area contributed by atoms with E-state index in [2.05, 4.69) is 16.0 Å². The minimum Gasteiger partial charge on any atom is -0.496 e. The van der Waals surface area contributed by atoms with E-state index in [0.29, 0.717) is 0 Å². The van der Waals surface area contributed by atoms with E-state index >= 15 is 0 Å². The third kappa shape index (κ3) is 4.46. The summed E-state index contributed by atoms with van der Waals surface area (Å²) in [6.45, 7) is 2.21. The van der Waals surface area contributed by atoms with Crippen molar-refractivity contribution < 1.29 is 13.9 Å². The zero-order valence-corrected chi connectivity index (χ0v) is 17.9. The van der Waals surface area contributed by atoms with Crippen molar-refractivity contribution in [1.29, 1.82) is 0 Å². The molecule has 5 nitrogen and oxygen atoms in total. The molecule has 31 heavy (non-hydrogen) atoms. The Kier molecular flexibility index (Phi) is 6.04. The third-order valence-corrected chi connectivity index (χ3v) is 5.94. The average Bonchev–Trinajstić information content (AvgIpc) is 3.27. The fourth-order valence-electron chi connectivity index (χ4n) is 3.29. The van der Waals surface area contributed by atoms with E-state index in [1.165, 1.54) is 29.6 Å². The maximum atomic E-state index is 14.6. The molecule has 0 saturated carbocycles. The molecule has 2 heterocycles. The number of aryl methyl sites for hydroxylation is 1. The standard InChI is InChI=1S/C24H20FN3O2S/c1-16-13-17(7-9-22(16)30-2)23-10-8-18(31-23)15-28(21-6-4-3-5-19(21)25)24(29)20-14-26-11-12-27-20/h3-14H,15H2,1-2H3. The lowest BCUT2D eigenvalue weighted by molar-refractivity contribution is 0.0979. The van der Waals surface area contributed by atoms with E-state index in [0.717, 1.165) is 26.6 Å². The molecular weight excluding hydrogens is 413 g/mol. The van der Waals surface area contributed by atoms with Crippen molar-refractivity contribution in [3.63, 3.8) is 0 Å². The molecule has 1 amide bonds. The van der Waals surface area contributed by atoms with E-state index in [-0.39, 0.29) is 17.9 Å². The number of amides is 1. The lowest BCUT2D eigenvalue weighted by atomic mass is 10.1. The summed E-state index contributed by atoms with van der Waals surface area (Å²) >= 11 is 1.56. The van der Waals surface area contributed by atoms with Gasteiger partial charge in [0.25, 0.3) is 5.91 Å². The van der Waals surface area contributed by atoms with Crippen LogP contribution >= 0.6 is 11.3 Å². The summed E-state index contributed by atoms with van der Waals surface area (Å²) in [6.07, 6.45) is 4.32. The highest BCUT2D eigenvalue weighted by Crippen LogP contribution is 2.33. The van der Waals surface area contributed by atoms with Crippen molar-refractivity contribution >= 4 is 22.9 Å². The molecule has 4 aromatic rings. The van der Waals surface area contributed by atoms with Crippen LogP contribution in [0.4, 0.5) is 10.1 Å². The van der Waals surface area contributed by atoms with Gasteiger partial charge in [0.05, 0.1) is 25.5 Å². The van der Waals surface area contributed by atoms with Crippen molar-refractivity contribution in [2.24, 2.45) is 0 Å². The number of carbonyl (C=O) groups excluding carboxylic acids is 1. The molecule has 0 atom stereocenters. The molecule has 0 aliphatic rings. The second-order valence-corrected chi connectivity index (χ2v) is 8.05. The van der Waals surface area contributed by atoms with Gasteiger partial charge < -0.3 is 4.74 Å². The Hall–Kier alpha value is -3.58. The summed E-state index contributed by atoms with van der Waals surface area (Å²) in [6, 6.07) is 16.2. The Morgan fingerprint density at radius 1 is 1.13 bits per heavy atom. The van der Waals surface area contributed by atoms with Gasteiger partial charge in [0.2, 0.25) is 0 Å². The zero-order valence-electron chi connectivity index (χ0n) is 17.1. The van der Waals surface area contributed by atoms with Crippen LogP contribution in [-0.4, -0.2) is 23.0 Å². The van der Waals surface area contributed by atoms with Crippen LogP contribution in [0.15, 0.2) is 73.2 Å². The summed E-state index contributed by atoms with van der Waals surface area (Å²) in [5.41, 5.74) is 2.47. The molecule has 0 bridgehead atoms. The van der Waals surface area contributed by atoms with Gasteiger partial charge in [0, 0.05) is 22.1 Å². The van der Waals surface area contributed by atoms with Crippen LogP contribution in [0.5, 0.6) is 5.75 Å². The minimum atomic E-state index is -0.470. The van der Waals surface area contributed by atoms with Crippen LogP contribution in [0.1, 0.15) is 20.9 Å². The number of nitrogens with zero attached hydrogens (tertiary/aromatic N) is 3. The van der Waals surface area contributed by atoms with Crippen molar-refractivity contribution in [2.45, 2.75) is 13.5 Å². The van der Waals surface area contributed by atoms with Gasteiger partial charge in [0.1, 0.15) is 17.3 Å². The summed E-state index contributed by atoms with van der Waals surface area (Å²) in [5, 5.41) is 0. The number of anilines is 1. The quantitative estimate of drug-likeness (QED) is 0.402. The molecule has 0 N–H and O–H groups in total. The topological polar surface area (TPSA) is 55.3 Å². The number of halogens is 1. The monoisotopic (exact) mass is 433 g/mol. The van der Waals surface area contributed by atoms with E-state index in [1.54, 1.807) is 36.6 Å². The number of methoxy groups -OCH3 is 1. The number of hydrogen-bond acceptors (Lipinski definition) is 5. The molecule has 0 unspecified atom stereocenters. The first kappa shape index (κ1) is 20.7. The van der Waals surface area contributed by atoms with E-state index in [1.807, 2.05) is 31.2 Å². The third-order valence-electron chi connectivity index (χ3n) is 4.83. The maximum Gasteiger partial charge on any atom is 0.278 e. The lowest BCUT2D eigenvalue weighted by Crippen LogP contribution is -2.31. The normalized spacial score (nSPS) is 10.7. The molecule has 0 fully saturated rings. The van der Waals surface area contributed by atoms with Crippen LogP contribution in [0, 0.1) is 12.7 Å². The number of para-hydroxylation sites is 1. The largest absolute Gasteiger partial charge is 0.496 e. The van der Waals surface area contributed by atoms with E-state index in [4.69, 9.17) is 4.74 Å². The first-order chi connectivity index (χ1) is 15.1. The van der Waals surface area contributed by atoms with Gasteiger partial charge in [-0.2, -0.15) is 0 Å². The van der Waals surface area contributed by atoms with Crippen LogP contribution in [0.2, 0.25) is 0 Å². The second-order valence-electron chi connectivity index (χ2n) is 6.88. The van der Waals surface area contributed by atoms with Gasteiger partial charge >= 0.3 is 0 Å². The first-order valence-electron chi connectivity index (χ1n) is 9.63. The Morgan fingerprint density at radius 3 is 2.68 bits per heavy atom.